The standard InChI is InChI=1S/C77H102N2O9/c1-48-22-33-87-75(36-48,65-64(88-65)68(4,85)66(2,46-81)27-18-49-21-32-79-61(78)34-49)59-20-29-77(86)56-35-57(83)63-55-19-28-72-40-54(73(47-82)38-50(43-80)37-71(73)25-9-10-26-71)41-74(63)62(56)53(39-67(59,77)3)17-16-52-13-6-5-12-51(52)14-11-15-60(76(72,74)42-58(55)84)70(45-72)31-30-69(44-70)23-7-8-24-69/h5-6,12-13,19,21,28,34-35,40,43,48,50,53,55,58-60,62-65,79,81-82,84-86H,7-10,14,16-18,20,22-27,29-33,36-39,41-42,44-47,78H2,1-4H3/t48-,50-,53+,55-,58+,59+,60+,62+,63+,64+,65+,66+,67-,68+,70-,72-,73+,74-,75-,76+,77-/m1/s1. The number of hydrogen-bond acceptors (Lipinski definition) is 11. The van der Waals surface area contributed by atoms with Crippen LogP contribution < -0.4 is 11.1 Å². The number of nitrogens with one attached hydrogen (secondary N) is 1. The smallest absolute Gasteiger partial charge is 0.160 e. The number of aliphatic hydroxyl groups is 5. The molecular formula is C77H102N2O9. The molecule has 0 radical (unpaired) electrons. The van der Waals surface area contributed by atoms with E-state index in [-0.39, 0.29) is 70.7 Å². The molecule has 8 saturated carbocycles. The van der Waals surface area contributed by atoms with E-state index in [1.165, 1.54) is 55.1 Å². The van der Waals surface area contributed by atoms with Crippen molar-refractivity contribution in [1.82, 2.24) is 5.32 Å². The Hall–Kier alpha value is -3.86. The molecule has 3 heterocycles. The first kappa shape index (κ1) is 59.2. The largest absolute Gasteiger partial charge is 0.396 e. The Morgan fingerprint density at radius 1 is 0.909 bits per heavy atom. The van der Waals surface area contributed by atoms with E-state index in [4.69, 9.17) is 15.2 Å². The summed E-state index contributed by atoms with van der Waals surface area (Å²) in [5.74, 6) is 7.47. The average molecular weight is 1200 g/mol. The van der Waals surface area contributed by atoms with Gasteiger partial charge >= 0.3 is 0 Å². The summed E-state index contributed by atoms with van der Waals surface area (Å²) in [4.78, 5) is 30.4. The van der Waals surface area contributed by atoms with E-state index in [2.05, 4.69) is 79.6 Å². The SMILES string of the molecule is C[C@@H]1CCO[C@]([C@H]2CC[C@@]3(O)C4=CC(=O)[C@@H]5[C@@H]6C=C[C@@]78C=C([C@@]9(CO)C[C@H](C=O)CC9%10CCCC%10)C[C@@]59[C@H]4[C@@H](CCc4ccccc4CC#C[C@@H]([C@@]4(CCC5(CCCC5)C4)C7)[C@@]89C[C@@H]6O)C[C@]23C)([C@H]2O[C@@H]2[C@](C)(O)[C@](C)(CO)CCC2=CCNC(N)=C2)C1. The fraction of sp³-hybridized carbons (Fsp3) is 0.740. The average Bonchev–Trinajstić information content (AvgIpc) is 1.35. The first-order chi connectivity index (χ1) is 42.1. The quantitative estimate of drug-likeness (QED) is 0.0482. The van der Waals surface area contributed by atoms with Crippen LogP contribution in [0, 0.1) is 108 Å². The van der Waals surface area contributed by atoms with Gasteiger partial charge in [0.2, 0.25) is 0 Å². The summed E-state index contributed by atoms with van der Waals surface area (Å²) in [6.07, 6.45) is 35.6. The Morgan fingerprint density at radius 2 is 1.69 bits per heavy atom. The molecular weight excluding hydrogens is 1100 g/mol. The Bertz CT molecular complexity index is 3300. The van der Waals surface area contributed by atoms with Gasteiger partial charge in [0, 0.05) is 70.3 Å². The van der Waals surface area contributed by atoms with E-state index in [9.17, 15) is 25.2 Å². The first-order valence-electron chi connectivity index (χ1n) is 35.4. The van der Waals surface area contributed by atoms with Crippen molar-refractivity contribution in [1.29, 1.82) is 0 Å². The molecule has 4 bridgehead atoms. The van der Waals surface area contributed by atoms with Gasteiger partial charge < -0.3 is 50.9 Å². The molecule has 11 nitrogen and oxygen atoms in total. The number of fused-ring (bicyclic) bond motifs is 5. The number of epoxide rings is 1. The highest BCUT2D eigenvalue weighted by Gasteiger charge is 2.86. The lowest BCUT2D eigenvalue weighted by atomic mass is 9.29. The van der Waals surface area contributed by atoms with Crippen LogP contribution in [-0.2, 0) is 31.9 Å². The summed E-state index contributed by atoms with van der Waals surface area (Å²) in [6.45, 7) is 9.39. The zero-order chi connectivity index (χ0) is 60.9. The Kier molecular flexibility index (Phi) is 13.3. The van der Waals surface area contributed by atoms with Crippen molar-refractivity contribution in [2.24, 2.45) is 102 Å². The number of benzene rings is 1. The summed E-state index contributed by atoms with van der Waals surface area (Å²) >= 11 is 0. The van der Waals surface area contributed by atoms with Gasteiger partial charge in [-0.15, -0.1) is 0 Å². The summed E-state index contributed by atoms with van der Waals surface area (Å²) in [5.41, 5.74) is 3.54. The molecule has 1 aromatic carbocycles. The summed E-state index contributed by atoms with van der Waals surface area (Å²) in [6, 6.07) is 8.96. The topological polar surface area (TPSA) is 195 Å². The molecule has 1 aromatic rings. The van der Waals surface area contributed by atoms with E-state index in [0.29, 0.717) is 83.2 Å². The molecule has 21 atom stereocenters. The number of ketones is 1. The second-order valence-electron chi connectivity index (χ2n) is 34.1. The molecule has 2 saturated heterocycles. The third-order valence-electron chi connectivity index (χ3n) is 30.7. The van der Waals surface area contributed by atoms with Crippen LogP contribution in [0.5, 0.6) is 0 Å². The molecule has 8 N–H and O–H groups in total. The number of dihydropyridines is 1. The van der Waals surface area contributed by atoms with Gasteiger partial charge in [-0.05, 0) is 222 Å². The maximum absolute atomic E-state index is 16.9. The van der Waals surface area contributed by atoms with E-state index in [1.54, 1.807) is 0 Å². The number of hydrogen-bond donors (Lipinski definition) is 7. The number of rotatable bonds is 11. The van der Waals surface area contributed by atoms with E-state index >= 15 is 9.90 Å². The summed E-state index contributed by atoms with van der Waals surface area (Å²) in [7, 11) is 0. The maximum Gasteiger partial charge on any atom is 0.160 e. The fourth-order valence-electron chi connectivity index (χ4n) is 26.8. The number of carbonyl (C=O) groups excluding carboxylic acids is 2. The normalized spacial score (nSPS) is 48.2. The summed E-state index contributed by atoms with van der Waals surface area (Å²) < 4.78 is 14.6. The fourth-order valence-corrected chi connectivity index (χ4v) is 26.8. The predicted molar refractivity (Wildman–Crippen MR) is 337 cm³/mol. The van der Waals surface area contributed by atoms with Crippen molar-refractivity contribution >= 4 is 12.1 Å². The number of ether oxygens (including phenoxy) is 2. The minimum atomic E-state index is -1.45. The van der Waals surface area contributed by atoms with Gasteiger partial charge in [0.15, 0.2) is 5.78 Å². The lowest BCUT2D eigenvalue weighted by molar-refractivity contribution is -0.238. The lowest BCUT2D eigenvalue weighted by Crippen LogP contribution is -2.73. The van der Waals surface area contributed by atoms with Crippen LogP contribution in [0.25, 0.3) is 0 Å². The third kappa shape index (κ3) is 7.52. The van der Waals surface area contributed by atoms with Crippen LogP contribution >= 0.6 is 0 Å². The predicted octanol–water partition coefficient (Wildman–Crippen LogP) is 11.0. The number of aldehydes is 1. The van der Waals surface area contributed by atoms with Crippen molar-refractivity contribution in [3.8, 4) is 11.8 Å². The van der Waals surface area contributed by atoms with Gasteiger partial charge in [0.05, 0.1) is 36.3 Å². The monoisotopic (exact) mass is 1200 g/mol. The van der Waals surface area contributed by atoms with Gasteiger partial charge in [0.1, 0.15) is 24.1 Å². The molecule has 0 unspecified atom stereocenters. The van der Waals surface area contributed by atoms with Crippen LogP contribution in [0.1, 0.15) is 193 Å². The Morgan fingerprint density at radius 3 is 2.44 bits per heavy atom. The molecule has 17 rings (SSSR count). The molecule has 3 aliphatic heterocycles. The molecule has 0 amide bonds. The van der Waals surface area contributed by atoms with Gasteiger partial charge in [-0.25, -0.2) is 0 Å². The molecule has 10 fully saturated rings. The minimum Gasteiger partial charge on any atom is -0.396 e. The van der Waals surface area contributed by atoms with Crippen molar-refractivity contribution in [3.63, 3.8) is 0 Å². The second-order valence-corrected chi connectivity index (χ2v) is 34.1. The third-order valence-corrected chi connectivity index (χ3v) is 30.7. The Balaban J connectivity index is 0.893. The molecule has 0 aromatic heterocycles. The van der Waals surface area contributed by atoms with Crippen LogP contribution in [0.3, 0.4) is 0 Å². The molecule has 13 aliphatic carbocycles. The highest BCUT2D eigenvalue weighted by atomic mass is 16.6. The van der Waals surface area contributed by atoms with Gasteiger partial charge in [-0.1, -0.05) is 112 Å². The number of nitrogens with two attached hydrogens (primary N) is 1. The molecule has 5 spiro atoms. The Labute approximate surface area is 523 Å². The van der Waals surface area contributed by atoms with Crippen LogP contribution in [-0.4, -0.2) is 99.1 Å². The molecule has 16 aliphatic rings. The number of aliphatic hydroxyl groups excluding tert-OH is 3. The maximum atomic E-state index is 16.9. The minimum absolute atomic E-state index is 0.0167. The van der Waals surface area contributed by atoms with Gasteiger partial charge in [0.25, 0.3) is 0 Å². The van der Waals surface area contributed by atoms with E-state index < -0.39 is 79.4 Å². The van der Waals surface area contributed by atoms with Gasteiger partial charge in [-0.3, -0.25) is 4.79 Å². The van der Waals surface area contributed by atoms with Crippen LogP contribution in [0.15, 0.2) is 83.3 Å². The molecule has 474 valence electrons. The van der Waals surface area contributed by atoms with Crippen LogP contribution in [0.4, 0.5) is 0 Å². The highest BCUT2D eigenvalue weighted by molar-refractivity contribution is 5.96. The second kappa shape index (κ2) is 19.8. The summed E-state index contributed by atoms with van der Waals surface area (Å²) in [5, 5.41) is 68.9. The zero-order valence-electron chi connectivity index (χ0n) is 53.4. The molecule has 11 heteroatoms. The van der Waals surface area contributed by atoms with E-state index in [0.717, 1.165) is 81.8 Å². The number of aryl methyl sites for hydroxylation is 1. The number of allylic oxidation sites excluding steroid dienone is 5. The van der Waals surface area contributed by atoms with Gasteiger partial charge in [-0.2, -0.15) is 0 Å². The zero-order valence-corrected chi connectivity index (χ0v) is 53.4. The highest BCUT2D eigenvalue weighted by Crippen LogP contribution is 2.89. The van der Waals surface area contributed by atoms with Crippen molar-refractivity contribution < 1.29 is 44.6 Å². The van der Waals surface area contributed by atoms with Crippen LogP contribution in [0.2, 0.25) is 0 Å². The van der Waals surface area contributed by atoms with Crippen molar-refractivity contribution in [2.45, 2.75) is 230 Å². The van der Waals surface area contributed by atoms with E-state index in [1.807, 2.05) is 26.0 Å². The van der Waals surface area contributed by atoms with Crippen molar-refractivity contribution in [2.75, 3.05) is 26.4 Å². The van der Waals surface area contributed by atoms with Crippen molar-refractivity contribution in [3.05, 3.63) is 94.4 Å². The lowest BCUT2D eigenvalue weighted by Gasteiger charge is -2.74. The number of carbonyl (C=O) groups is 2. The first-order valence-corrected chi connectivity index (χ1v) is 35.4. The molecule has 88 heavy (non-hydrogen) atoms.